The van der Waals surface area contributed by atoms with Crippen LogP contribution in [0.2, 0.25) is 0 Å². The highest BCUT2D eigenvalue weighted by molar-refractivity contribution is 6.14. The van der Waals surface area contributed by atoms with Crippen molar-refractivity contribution in [1.82, 2.24) is 19.7 Å². The lowest BCUT2D eigenvalue weighted by molar-refractivity contribution is 0.102. The molecule has 0 unspecified atom stereocenters. The zero-order valence-corrected chi connectivity index (χ0v) is 18.3. The van der Waals surface area contributed by atoms with Crippen LogP contribution in [0, 0.1) is 12.7 Å². The molecule has 3 N–H and O–H groups in total. The van der Waals surface area contributed by atoms with Gasteiger partial charge in [0, 0.05) is 54.9 Å². The van der Waals surface area contributed by atoms with Gasteiger partial charge in [0.25, 0.3) is 5.91 Å². The molecule has 0 atom stereocenters. The summed E-state index contributed by atoms with van der Waals surface area (Å²) in [4.78, 5) is 22.8. The van der Waals surface area contributed by atoms with E-state index in [0.717, 1.165) is 49.1 Å². The molecule has 1 aliphatic heterocycles. The average Bonchev–Trinajstić information content (AvgIpc) is 3.40. The Hall–Kier alpha value is -3.39. The van der Waals surface area contributed by atoms with Gasteiger partial charge in [0.2, 0.25) is 0 Å². The van der Waals surface area contributed by atoms with Crippen LogP contribution in [0.15, 0.2) is 42.9 Å². The number of pyridine rings is 1. The number of amides is 1. The van der Waals surface area contributed by atoms with Gasteiger partial charge >= 0.3 is 0 Å². The van der Waals surface area contributed by atoms with Crippen molar-refractivity contribution in [3.63, 3.8) is 0 Å². The molecule has 166 valence electrons. The minimum atomic E-state index is -0.475. The van der Waals surface area contributed by atoms with Crippen LogP contribution in [-0.2, 0) is 0 Å². The van der Waals surface area contributed by atoms with Gasteiger partial charge in [-0.2, -0.15) is 0 Å². The number of nitrogens with zero attached hydrogens (tertiary/aromatic N) is 3. The highest BCUT2D eigenvalue weighted by Gasteiger charge is 2.22. The lowest BCUT2D eigenvalue weighted by Gasteiger charge is -2.34. The number of anilines is 2. The lowest BCUT2D eigenvalue weighted by Crippen LogP contribution is -2.42. The Morgan fingerprint density at radius 3 is 2.84 bits per heavy atom. The molecule has 7 nitrogen and oxygen atoms in total. The molecule has 0 radical (unpaired) electrons. The van der Waals surface area contributed by atoms with Crippen molar-refractivity contribution in [1.29, 1.82) is 0 Å². The molecule has 32 heavy (non-hydrogen) atoms. The minimum Gasteiger partial charge on any atom is -0.371 e. The molecular formula is C24H27FN6O. The number of hydrogen-bond donors (Lipinski definition) is 3. The van der Waals surface area contributed by atoms with Crippen molar-refractivity contribution < 1.29 is 9.18 Å². The largest absolute Gasteiger partial charge is 0.371 e. The summed E-state index contributed by atoms with van der Waals surface area (Å²) in [6.45, 7) is 6.90. The van der Waals surface area contributed by atoms with Crippen LogP contribution in [0.3, 0.4) is 0 Å². The van der Waals surface area contributed by atoms with E-state index in [4.69, 9.17) is 0 Å². The summed E-state index contributed by atoms with van der Waals surface area (Å²) < 4.78 is 16.0. The fourth-order valence-corrected chi connectivity index (χ4v) is 4.67. The van der Waals surface area contributed by atoms with Crippen molar-refractivity contribution >= 4 is 33.8 Å². The maximum Gasteiger partial charge on any atom is 0.257 e. The van der Waals surface area contributed by atoms with Crippen LogP contribution < -0.4 is 15.5 Å². The molecule has 1 amide bonds. The summed E-state index contributed by atoms with van der Waals surface area (Å²) in [6, 6.07) is 7.74. The van der Waals surface area contributed by atoms with E-state index in [1.807, 2.05) is 24.4 Å². The summed E-state index contributed by atoms with van der Waals surface area (Å²) >= 11 is 0. The Balaban J connectivity index is 1.40. The molecule has 0 bridgehead atoms. The molecule has 0 spiro atoms. The van der Waals surface area contributed by atoms with Gasteiger partial charge in [-0.05, 0) is 44.5 Å². The van der Waals surface area contributed by atoms with Crippen molar-refractivity contribution in [2.24, 2.45) is 0 Å². The van der Waals surface area contributed by atoms with Crippen LogP contribution in [0.5, 0.6) is 0 Å². The number of rotatable bonds is 5. The minimum absolute atomic E-state index is 0.245. The number of aryl methyl sites for hydroxylation is 1. The quantitative estimate of drug-likeness (QED) is 0.442. The van der Waals surface area contributed by atoms with Gasteiger partial charge in [-0.25, -0.2) is 9.37 Å². The number of H-pyrrole nitrogens is 1. The van der Waals surface area contributed by atoms with Gasteiger partial charge in [0.15, 0.2) is 11.5 Å². The number of benzene rings is 1. The van der Waals surface area contributed by atoms with Crippen molar-refractivity contribution in [2.75, 3.05) is 29.9 Å². The number of carbonyl (C=O) groups is 1. The van der Waals surface area contributed by atoms with E-state index in [2.05, 4.69) is 32.4 Å². The second-order valence-electron chi connectivity index (χ2n) is 8.36. The Labute approximate surface area is 185 Å². The standard InChI is InChI=1S/C24H27FN6O/c1-3-26-16-7-10-30(11-8-16)21-5-4-19(22-18(21)6-9-27-22)24(32)29-17-12-20(25)23-28-15(2)13-31(23)14-17/h4-6,9,12-14,16,26-27H,3,7-8,10-11H2,1-2H3,(H,29,32). The van der Waals surface area contributed by atoms with Gasteiger partial charge < -0.3 is 24.9 Å². The van der Waals surface area contributed by atoms with E-state index in [0.29, 0.717) is 23.0 Å². The first-order chi connectivity index (χ1) is 15.5. The Morgan fingerprint density at radius 1 is 1.25 bits per heavy atom. The molecule has 3 aromatic heterocycles. The molecule has 1 aliphatic rings. The van der Waals surface area contributed by atoms with Gasteiger partial charge in [-0.3, -0.25) is 4.79 Å². The van der Waals surface area contributed by atoms with Crippen LogP contribution in [-0.4, -0.2) is 46.0 Å². The molecule has 4 aromatic rings. The van der Waals surface area contributed by atoms with Crippen molar-refractivity contribution in [3.05, 3.63) is 59.9 Å². The van der Waals surface area contributed by atoms with Crippen LogP contribution in [0.4, 0.5) is 15.8 Å². The van der Waals surface area contributed by atoms with Gasteiger partial charge in [0.05, 0.1) is 22.5 Å². The van der Waals surface area contributed by atoms with E-state index in [1.165, 1.54) is 6.07 Å². The van der Waals surface area contributed by atoms with Crippen molar-refractivity contribution in [3.8, 4) is 0 Å². The molecular weight excluding hydrogens is 407 g/mol. The molecule has 4 heterocycles. The molecule has 1 fully saturated rings. The number of carbonyl (C=O) groups excluding carboxylic acids is 1. The number of piperidine rings is 1. The Kier molecular flexibility index (Phi) is 5.30. The molecule has 1 saturated heterocycles. The average molecular weight is 435 g/mol. The second-order valence-corrected chi connectivity index (χ2v) is 8.36. The van der Waals surface area contributed by atoms with E-state index in [-0.39, 0.29) is 11.6 Å². The van der Waals surface area contributed by atoms with Crippen molar-refractivity contribution in [2.45, 2.75) is 32.7 Å². The third-order valence-corrected chi connectivity index (χ3v) is 6.16. The van der Waals surface area contributed by atoms with Crippen LogP contribution in [0.1, 0.15) is 35.8 Å². The molecule has 0 aliphatic carbocycles. The highest BCUT2D eigenvalue weighted by atomic mass is 19.1. The second kappa shape index (κ2) is 8.27. The molecule has 8 heteroatoms. The number of nitrogens with one attached hydrogen (secondary N) is 3. The van der Waals surface area contributed by atoms with E-state index < -0.39 is 5.82 Å². The number of fused-ring (bicyclic) bond motifs is 2. The lowest BCUT2D eigenvalue weighted by atomic mass is 10.0. The third kappa shape index (κ3) is 3.71. The number of aromatic amines is 1. The molecule has 0 saturated carbocycles. The first kappa shape index (κ1) is 20.5. The molecule has 1 aromatic carbocycles. The fourth-order valence-electron chi connectivity index (χ4n) is 4.67. The SMILES string of the molecule is CCNC1CCN(c2ccc(C(=O)Nc3cc(F)c4nc(C)cn4c3)c3[nH]ccc23)CC1. The van der Waals surface area contributed by atoms with Crippen LogP contribution >= 0.6 is 0 Å². The van der Waals surface area contributed by atoms with E-state index in [1.54, 1.807) is 23.7 Å². The summed E-state index contributed by atoms with van der Waals surface area (Å²) in [5.74, 6) is -0.761. The monoisotopic (exact) mass is 434 g/mol. The summed E-state index contributed by atoms with van der Waals surface area (Å²) in [6.07, 6.45) is 7.46. The Morgan fingerprint density at radius 2 is 2.06 bits per heavy atom. The van der Waals surface area contributed by atoms with E-state index >= 15 is 0 Å². The smallest absolute Gasteiger partial charge is 0.257 e. The number of aromatic nitrogens is 3. The first-order valence-corrected chi connectivity index (χ1v) is 11.1. The third-order valence-electron chi connectivity index (χ3n) is 6.16. The highest BCUT2D eigenvalue weighted by Crippen LogP contribution is 2.31. The summed E-state index contributed by atoms with van der Waals surface area (Å²) in [5.41, 5.74) is 3.79. The first-order valence-electron chi connectivity index (χ1n) is 11.1. The predicted molar refractivity (Wildman–Crippen MR) is 125 cm³/mol. The van der Waals surface area contributed by atoms with Gasteiger partial charge in [-0.1, -0.05) is 6.92 Å². The topological polar surface area (TPSA) is 77.5 Å². The summed E-state index contributed by atoms with van der Waals surface area (Å²) in [7, 11) is 0. The van der Waals surface area contributed by atoms with Gasteiger partial charge in [0.1, 0.15) is 0 Å². The Bertz CT molecular complexity index is 1280. The zero-order valence-electron chi connectivity index (χ0n) is 18.3. The molecule has 5 rings (SSSR count). The van der Waals surface area contributed by atoms with Crippen LogP contribution in [0.25, 0.3) is 16.6 Å². The van der Waals surface area contributed by atoms with E-state index in [9.17, 15) is 9.18 Å². The maximum absolute atomic E-state index is 14.4. The summed E-state index contributed by atoms with van der Waals surface area (Å²) in [5, 5.41) is 7.39. The predicted octanol–water partition coefficient (Wildman–Crippen LogP) is 4.09. The van der Waals surface area contributed by atoms with Gasteiger partial charge in [-0.15, -0.1) is 0 Å². The number of halogens is 1. The number of hydrogen-bond acceptors (Lipinski definition) is 4. The number of imidazole rings is 1. The normalized spacial score (nSPS) is 15.0. The zero-order chi connectivity index (χ0) is 22.2. The fraction of sp³-hybridized carbons (Fsp3) is 0.333. The maximum atomic E-state index is 14.4.